The van der Waals surface area contributed by atoms with Gasteiger partial charge in [-0.2, -0.15) is 9.29 Å². The summed E-state index contributed by atoms with van der Waals surface area (Å²) in [4.78, 5) is 21.0. The number of pyridine rings is 1. The number of nitrogens with zero attached hydrogens (tertiary/aromatic N) is 4. The second kappa shape index (κ2) is 8.62. The van der Waals surface area contributed by atoms with E-state index in [1.54, 1.807) is 49.0 Å². The van der Waals surface area contributed by atoms with Crippen molar-refractivity contribution in [3.63, 3.8) is 0 Å². The van der Waals surface area contributed by atoms with Crippen LogP contribution in [0, 0.1) is 5.92 Å². The highest BCUT2D eigenvalue weighted by Crippen LogP contribution is 2.28. The molecule has 11 heteroatoms. The Morgan fingerprint density at radius 1 is 1.37 bits per heavy atom. The number of piperidine rings is 1. The maximum atomic E-state index is 12.7. The standard InChI is InChI=1S/C19H20N4O5S2/c1-13(18-21-17(22-28-18)14-5-2-8-20-11-14)27-19(24)15-6-3-9-23(12-15)30(25,26)16-7-4-10-29-16/h2,4-5,7-8,10-11,13,15H,3,6,9,12H2,1H3. The van der Waals surface area contributed by atoms with Crippen LogP contribution in [-0.2, 0) is 19.6 Å². The lowest BCUT2D eigenvalue weighted by Gasteiger charge is -2.30. The summed E-state index contributed by atoms with van der Waals surface area (Å²) in [5.74, 6) is -0.501. The van der Waals surface area contributed by atoms with Crippen molar-refractivity contribution < 1.29 is 22.5 Å². The van der Waals surface area contributed by atoms with E-state index in [1.165, 1.54) is 4.31 Å². The molecule has 3 aromatic heterocycles. The average molecular weight is 449 g/mol. The third kappa shape index (κ3) is 4.27. The lowest BCUT2D eigenvalue weighted by Crippen LogP contribution is -2.42. The molecular formula is C19H20N4O5S2. The first-order chi connectivity index (χ1) is 14.4. The first kappa shape index (κ1) is 20.6. The summed E-state index contributed by atoms with van der Waals surface area (Å²) in [6.45, 7) is 2.12. The Balaban J connectivity index is 1.40. The van der Waals surface area contributed by atoms with Crippen LogP contribution >= 0.6 is 11.3 Å². The van der Waals surface area contributed by atoms with Crippen molar-refractivity contribution >= 4 is 27.3 Å². The van der Waals surface area contributed by atoms with Gasteiger partial charge in [0, 0.05) is 31.0 Å². The van der Waals surface area contributed by atoms with Gasteiger partial charge >= 0.3 is 5.97 Å². The summed E-state index contributed by atoms with van der Waals surface area (Å²) in [6, 6.07) is 6.81. The van der Waals surface area contributed by atoms with Crippen LogP contribution in [0.4, 0.5) is 0 Å². The first-order valence-corrected chi connectivity index (χ1v) is 11.8. The highest BCUT2D eigenvalue weighted by atomic mass is 32.2. The predicted octanol–water partition coefficient (Wildman–Crippen LogP) is 2.90. The van der Waals surface area contributed by atoms with Crippen LogP contribution in [0.2, 0.25) is 0 Å². The van der Waals surface area contributed by atoms with Crippen molar-refractivity contribution in [1.82, 2.24) is 19.4 Å². The second-order valence-corrected chi connectivity index (χ2v) is 10.0. The molecule has 0 N–H and O–H groups in total. The topological polar surface area (TPSA) is 115 Å². The monoisotopic (exact) mass is 448 g/mol. The molecule has 0 bridgehead atoms. The quantitative estimate of drug-likeness (QED) is 0.529. The SMILES string of the molecule is CC(OC(=O)C1CCCN(S(=O)(=O)c2cccs2)C1)c1nc(-c2cccnc2)no1. The highest BCUT2D eigenvalue weighted by Gasteiger charge is 2.35. The molecule has 3 aromatic rings. The summed E-state index contributed by atoms with van der Waals surface area (Å²) >= 11 is 1.16. The van der Waals surface area contributed by atoms with Crippen molar-refractivity contribution in [2.45, 2.75) is 30.1 Å². The minimum absolute atomic E-state index is 0.0938. The number of thiophene rings is 1. The Morgan fingerprint density at radius 3 is 2.97 bits per heavy atom. The fourth-order valence-electron chi connectivity index (χ4n) is 3.22. The van der Waals surface area contributed by atoms with Gasteiger partial charge in [-0.15, -0.1) is 11.3 Å². The van der Waals surface area contributed by atoms with Gasteiger partial charge < -0.3 is 9.26 Å². The van der Waals surface area contributed by atoms with Crippen molar-refractivity contribution in [1.29, 1.82) is 0 Å². The average Bonchev–Trinajstić information content (AvgIpc) is 3.47. The molecule has 0 spiro atoms. The predicted molar refractivity (Wildman–Crippen MR) is 108 cm³/mol. The van der Waals surface area contributed by atoms with E-state index in [4.69, 9.17) is 9.26 Å². The van der Waals surface area contributed by atoms with Gasteiger partial charge in [-0.25, -0.2) is 8.42 Å². The van der Waals surface area contributed by atoms with E-state index < -0.39 is 28.0 Å². The number of sulfonamides is 1. The van der Waals surface area contributed by atoms with Crippen LogP contribution < -0.4 is 0 Å². The summed E-state index contributed by atoms with van der Waals surface area (Å²) in [5, 5.41) is 5.61. The number of carbonyl (C=O) groups is 1. The summed E-state index contributed by atoms with van der Waals surface area (Å²) < 4.78 is 37.8. The normalized spacial score (nSPS) is 18.8. The van der Waals surface area contributed by atoms with E-state index in [2.05, 4.69) is 15.1 Å². The van der Waals surface area contributed by atoms with E-state index in [9.17, 15) is 13.2 Å². The molecule has 0 amide bonds. The molecule has 2 atom stereocenters. The Kier molecular flexibility index (Phi) is 5.93. The van der Waals surface area contributed by atoms with Crippen molar-refractivity contribution in [2.24, 2.45) is 5.92 Å². The molecule has 4 heterocycles. The molecule has 0 radical (unpaired) electrons. The molecule has 9 nitrogen and oxygen atoms in total. The van der Waals surface area contributed by atoms with Crippen LogP contribution in [0.1, 0.15) is 31.8 Å². The fraction of sp³-hybridized carbons (Fsp3) is 0.368. The Labute approximate surface area is 177 Å². The molecular weight excluding hydrogens is 428 g/mol. The molecule has 1 fully saturated rings. The molecule has 158 valence electrons. The highest BCUT2D eigenvalue weighted by molar-refractivity contribution is 7.91. The number of hydrogen-bond acceptors (Lipinski definition) is 9. The largest absolute Gasteiger partial charge is 0.452 e. The van der Waals surface area contributed by atoms with Crippen molar-refractivity contribution in [2.75, 3.05) is 13.1 Å². The van der Waals surface area contributed by atoms with Crippen LogP contribution in [0.5, 0.6) is 0 Å². The van der Waals surface area contributed by atoms with Gasteiger partial charge in [-0.1, -0.05) is 11.2 Å². The fourth-order valence-corrected chi connectivity index (χ4v) is 5.89. The van der Waals surface area contributed by atoms with Gasteiger partial charge in [0.1, 0.15) is 4.21 Å². The van der Waals surface area contributed by atoms with Crippen LogP contribution in [0.3, 0.4) is 0 Å². The van der Waals surface area contributed by atoms with Crippen molar-refractivity contribution in [3.8, 4) is 11.4 Å². The molecule has 1 aliphatic rings. The maximum absolute atomic E-state index is 12.7. The van der Waals surface area contributed by atoms with Crippen LogP contribution in [-0.4, -0.2) is 46.9 Å². The molecule has 2 unspecified atom stereocenters. The third-order valence-corrected chi connectivity index (χ3v) is 8.05. The minimum atomic E-state index is -3.60. The molecule has 30 heavy (non-hydrogen) atoms. The molecule has 1 aliphatic heterocycles. The van der Waals surface area contributed by atoms with E-state index in [1.807, 2.05) is 0 Å². The van der Waals surface area contributed by atoms with Gasteiger partial charge in [-0.05, 0) is 43.3 Å². The minimum Gasteiger partial charge on any atom is -0.452 e. The zero-order valence-corrected chi connectivity index (χ0v) is 17.8. The maximum Gasteiger partial charge on any atom is 0.311 e. The molecule has 4 rings (SSSR count). The number of rotatable bonds is 6. The van der Waals surface area contributed by atoms with E-state index in [-0.39, 0.29) is 16.6 Å². The summed E-state index contributed by atoms with van der Waals surface area (Å²) in [6.07, 6.45) is 3.65. The van der Waals surface area contributed by atoms with Gasteiger partial charge in [-0.3, -0.25) is 9.78 Å². The summed E-state index contributed by atoms with van der Waals surface area (Å²) in [5.41, 5.74) is 0.688. The van der Waals surface area contributed by atoms with Crippen LogP contribution in [0.25, 0.3) is 11.4 Å². The molecule has 0 saturated carbocycles. The zero-order chi connectivity index (χ0) is 21.1. The first-order valence-electron chi connectivity index (χ1n) is 9.43. The van der Waals surface area contributed by atoms with Gasteiger partial charge in [0.15, 0.2) is 6.10 Å². The number of aromatic nitrogens is 3. The van der Waals surface area contributed by atoms with Crippen LogP contribution in [0.15, 0.2) is 50.8 Å². The number of ether oxygens (including phenoxy) is 1. The van der Waals surface area contributed by atoms with Gasteiger partial charge in [0.2, 0.25) is 5.82 Å². The van der Waals surface area contributed by atoms with E-state index in [0.29, 0.717) is 30.8 Å². The Hall–Kier alpha value is -2.63. The van der Waals surface area contributed by atoms with E-state index >= 15 is 0 Å². The molecule has 0 aliphatic carbocycles. The number of carbonyl (C=O) groups excluding carboxylic acids is 1. The Bertz CT molecular complexity index is 1100. The number of hydrogen-bond donors (Lipinski definition) is 0. The van der Waals surface area contributed by atoms with Gasteiger partial charge in [0.25, 0.3) is 15.9 Å². The zero-order valence-electron chi connectivity index (χ0n) is 16.2. The van der Waals surface area contributed by atoms with Crippen molar-refractivity contribution in [3.05, 3.63) is 47.9 Å². The van der Waals surface area contributed by atoms with Gasteiger partial charge in [0.05, 0.1) is 5.92 Å². The molecule has 0 aromatic carbocycles. The molecule has 1 saturated heterocycles. The smallest absolute Gasteiger partial charge is 0.311 e. The summed E-state index contributed by atoms with van der Waals surface area (Å²) in [7, 11) is -3.60. The lowest BCUT2D eigenvalue weighted by molar-refractivity contribution is -0.156. The Morgan fingerprint density at radius 2 is 2.23 bits per heavy atom. The third-order valence-electron chi connectivity index (χ3n) is 4.81. The second-order valence-electron chi connectivity index (χ2n) is 6.91. The lowest BCUT2D eigenvalue weighted by atomic mass is 10.00. The number of esters is 1. The van der Waals surface area contributed by atoms with E-state index in [0.717, 1.165) is 11.3 Å².